The lowest BCUT2D eigenvalue weighted by atomic mass is 10.3. The summed E-state index contributed by atoms with van der Waals surface area (Å²) in [4.78, 5) is 24.1. The summed E-state index contributed by atoms with van der Waals surface area (Å²) in [6, 6.07) is 4.23. The number of urea groups is 1. The molecule has 0 radical (unpaired) electrons. The van der Waals surface area contributed by atoms with Crippen molar-refractivity contribution in [1.82, 2.24) is 10.2 Å². The van der Waals surface area contributed by atoms with Crippen LogP contribution in [0.25, 0.3) is 0 Å². The topological polar surface area (TPSA) is 61.4 Å². The van der Waals surface area contributed by atoms with Gasteiger partial charge in [-0.1, -0.05) is 23.2 Å². The molecule has 98 valence electrons. The molecule has 0 aliphatic carbocycles. The van der Waals surface area contributed by atoms with Crippen molar-refractivity contribution in [2.24, 2.45) is 0 Å². The molecular formula is C11H13Cl2N3O2. The number of nitrogens with zero attached hydrogens (tertiary/aromatic N) is 1. The Morgan fingerprint density at radius 2 is 1.89 bits per heavy atom. The number of likely N-dealkylation sites (N-methyl/N-ethyl adjacent to an activating group) is 1. The van der Waals surface area contributed by atoms with Crippen LogP contribution >= 0.6 is 23.2 Å². The van der Waals surface area contributed by atoms with Crippen molar-refractivity contribution in [2.45, 2.75) is 0 Å². The number of benzene rings is 1. The van der Waals surface area contributed by atoms with Gasteiger partial charge in [0.15, 0.2) is 0 Å². The van der Waals surface area contributed by atoms with E-state index in [0.29, 0.717) is 15.7 Å². The molecule has 7 heteroatoms. The van der Waals surface area contributed by atoms with Crippen LogP contribution in [-0.2, 0) is 4.79 Å². The van der Waals surface area contributed by atoms with E-state index in [2.05, 4.69) is 10.6 Å². The molecule has 1 rings (SSSR count). The third-order valence-corrected chi connectivity index (χ3v) is 2.82. The van der Waals surface area contributed by atoms with Gasteiger partial charge < -0.3 is 15.5 Å². The summed E-state index contributed by atoms with van der Waals surface area (Å²) in [5, 5.41) is 5.72. The van der Waals surface area contributed by atoms with E-state index in [9.17, 15) is 9.59 Å². The maximum atomic E-state index is 11.5. The van der Waals surface area contributed by atoms with Crippen molar-refractivity contribution >= 4 is 40.8 Å². The van der Waals surface area contributed by atoms with Gasteiger partial charge in [-0.2, -0.15) is 0 Å². The van der Waals surface area contributed by atoms with Crippen molar-refractivity contribution in [3.63, 3.8) is 0 Å². The molecule has 1 aromatic rings. The van der Waals surface area contributed by atoms with Gasteiger partial charge in [0.05, 0.1) is 16.6 Å². The van der Waals surface area contributed by atoms with E-state index in [1.165, 1.54) is 11.0 Å². The van der Waals surface area contributed by atoms with Crippen LogP contribution in [0.15, 0.2) is 18.2 Å². The van der Waals surface area contributed by atoms with Crippen LogP contribution in [0.4, 0.5) is 10.5 Å². The smallest absolute Gasteiger partial charge is 0.319 e. The van der Waals surface area contributed by atoms with Crippen LogP contribution in [0.2, 0.25) is 10.0 Å². The number of rotatable bonds is 3. The van der Waals surface area contributed by atoms with E-state index in [1.807, 2.05) is 0 Å². The van der Waals surface area contributed by atoms with Crippen molar-refractivity contribution in [3.8, 4) is 0 Å². The quantitative estimate of drug-likeness (QED) is 0.896. The summed E-state index contributed by atoms with van der Waals surface area (Å²) in [5.74, 6) is -0.195. The number of anilines is 1. The van der Waals surface area contributed by atoms with Gasteiger partial charge in [-0.3, -0.25) is 4.79 Å². The van der Waals surface area contributed by atoms with E-state index in [4.69, 9.17) is 23.2 Å². The fourth-order valence-electron chi connectivity index (χ4n) is 1.06. The molecule has 0 bridgehead atoms. The summed E-state index contributed by atoms with van der Waals surface area (Å²) >= 11 is 11.5. The summed E-state index contributed by atoms with van der Waals surface area (Å²) in [5.41, 5.74) is 0.499. The van der Waals surface area contributed by atoms with Crippen molar-refractivity contribution in [3.05, 3.63) is 28.2 Å². The molecule has 0 saturated heterocycles. The lowest BCUT2D eigenvalue weighted by Gasteiger charge is -2.11. The Balaban J connectivity index is 2.49. The Labute approximate surface area is 115 Å². The number of hydrogen-bond donors (Lipinski definition) is 2. The van der Waals surface area contributed by atoms with E-state index >= 15 is 0 Å². The number of nitrogens with one attached hydrogen (secondary N) is 2. The predicted octanol–water partition coefficient (Wildman–Crippen LogP) is 2.20. The highest BCUT2D eigenvalue weighted by atomic mass is 35.5. The fourth-order valence-corrected chi connectivity index (χ4v) is 1.36. The molecule has 0 aromatic heterocycles. The molecule has 2 N–H and O–H groups in total. The molecule has 0 saturated carbocycles. The van der Waals surface area contributed by atoms with Crippen LogP contribution in [0.5, 0.6) is 0 Å². The first-order valence-corrected chi connectivity index (χ1v) is 5.86. The molecule has 3 amide bonds. The second-order valence-electron chi connectivity index (χ2n) is 3.72. The van der Waals surface area contributed by atoms with Crippen LogP contribution < -0.4 is 10.6 Å². The molecule has 1 aromatic carbocycles. The highest BCUT2D eigenvalue weighted by Gasteiger charge is 2.07. The van der Waals surface area contributed by atoms with Gasteiger partial charge in [0.25, 0.3) is 0 Å². The Kier molecular flexibility index (Phi) is 5.25. The van der Waals surface area contributed by atoms with Gasteiger partial charge in [-0.05, 0) is 18.2 Å². The summed E-state index contributed by atoms with van der Waals surface area (Å²) in [7, 11) is 3.22. The van der Waals surface area contributed by atoms with E-state index in [0.717, 1.165) is 0 Å². The van der Waals surface area contributed by atoms with Crippen molar-refractivity contribution in [2.75, 3.05) is 26.0 Å². The first kappa shape index (κ1) is 14.6. The molecule has 0 heterocycles. The summed E-state index contributed by atoms with van der Waals surface area (Å²) in [6.07, 6.45) is 0. The second-order valence-corrected chi connectivity index (χ2v) is 4.54. The third kappa shape index (κ3) is 4.43. The van der Waals surface area contributed by atoms with Crippen LogP contribution in [0.1, 0.15) is 0 Å². The normalized spacial score (nSPS) is 9.78. The molecule has 5 nitrogen and oxygen atoms in total. The first-order chi connectivity index (χ1) is 8.40. The van der Waals surface area contributed by atoms with Crippen LogP contribution in [0.3, 0.4) is 0 Å². The van der Waals surface area contributed by atoms with Crippen molar-refractivity contribution < 1.29 is 9.59 Å². The van der Waals surface area contributed by atoms with Crippen LogP contribution in [-0.4, -0.2) is 37.5 Å². The minimum atomic E-state index is -0.483. The van der Waals surface area contributed by atoms with E-state index in [1.54, 1.807) is 26.2 Å². The molecule has 0 fully saturated rings. The Morgan fingerprint density at radius 3 is 2.44 bits per heavy atom. The van der Waals surface area contributed by atoms with E-state index < -0.39 is 6.03 Å². The SMILES string of the molecule is CN(C)C(=O)CNC(=O)Nc1ccc(Cl)c(Cl)c1. The minimum absolute atomic E-state index is 0.0693. The van der Waals surface area contributed by atoms with Gasteiger partial charge in [0, 0.05) is 19.8 Å². The van der Waals surface area contributed by atoms with Gasteiger partial charge in [0.1, 0.15) is 0 Å². The maximum Gasteiger partial charge on any atom is 0.319 e. The Bertz CT molecular complexity index is 464. The lowest BCUT2D eigenvalue weighted by molar-refractivity contribution is -0.127. The molecule has 0 atom stereocenters. The Hall–Kier alpha value is -1.46. The monoisotopic (exact) mass is 289 g/mol. The zero-order valence-corrected chi connectivity index (χ0v) is 11.5. The van der Waals surface area contributed by atoms with Gasteiger partial charge in [-0.15, -0.1) is 0 Å². The molecule has 0 spiro atoms. The standard InChI is InChI=1S/C11H13Cl2N3O2/c1-16(2)10(17)6-14-11(18)15-7-3-4-8(12)9(13)5-7/h3-5H,6H2,1-2H3,(H2,14,15,18). The third-order valence-electron chi connectivity index (χ3n) is 2.08. The van der Waals surface area contributed by atoms with Crippen molar-refractivity contribution in [1.29, 1.82) is 0 Å². The van der Waals surface area contributed by atoms with Gasteiger partial charge >= 0.3 is 6.03 Å². The number of carbonyl (C=O) groups is 2. The first-order valence-electron chi connectivity index (χ1n) is 5.10. The molecular weight excluding hydrogens is 277 g/mol. The maximum absolute atomic E-state index is 11.5. The van der Waals surface area contributed by atoms with Gasteiger partial charge in [-0.25, -0.2) is 4.79 Å². The predicted molar refractivity (Wildman–Crippen MR) is 72.2 cm³/mol. The zero-order chi connectivity index (χ0) is 13.7. The molecule has 0 unspecified atom stereocenters. The zero-order valence-electron chi connectivity index (χ0n) is 9.96. The Morgan fingerprint density at radius 1 is 1.22 bits per heavy atom. The fraction of sp³-hybridized carbons (Fsp3) is 0.273. The molecule has 0 aliphatic rings. The molecule has 18 heavy (non-hydrogen) atoms. The van der Waals surface area contributed by atoms with Crippen LogP contribution in [0, 0.1) is 0 Å². The second kappa shape index (κ2) is 6.47. The number of hydrogen-bond acceptors (Lipinski definition) is 2. The number of carbonyl (C=O) groups excluding carboxylic acids is 2. The van der Waals surface area contributed by atoms with E-state index in [-0.39, 0.29) is 12.5 Å². The summed E-state index contributed by atoms with van der Waals surface area (Å²) < 4.78 is 0. The average Bonchev–Trinajstić information content (AvgIpc) is 2.30. The average molecular weight is 290 g/mol. The largest absolute Gasteiger partial charge is 0.347 e. The summed E-state index contributed by atoms with van der Waals surface area (Å²) in [6.45, 7) is -0.0693. The number of amides is 3. The minimum Gasteiger partial charge on any atom is -0.347 e. The number of halogens is 2. The highest BCUT2D eigenvalue weighted by molar-refractivity contribution is 6.42. The molecule has 0 aliphatic heterocycles. The van der Waals surface area contributed by atoms with Gasteiger partial charge in [0.2, 0.25) is 5.91 Å². The highest BCUT2D eigenvalue weighted by Crippen LogP contribution is 2.24. The lowest BCUT2D eigenvalue weighted by Crippen LogP contribution is -2.38.